The van der Waals surface area contributed by atoms with Gasteiger partial charge in [0.05, 0.1) is 11.2 Å². The molecule has 106 valence electrons. The molecule has 0 N–H and O–H groups in total. The van der Waals surface area contributed by atoms with Crippen LogP contribution in [-0.2, 0) is 9.05 Å². The van der Waals surface area contributed by atoms with Crippen molar-refractivity contribution in [2.24, 2.45) is 0 Å². The summed E-state index contributed by atoms with van der Waals surface area (Å²) < 4.78 is 24.3. The maximum absolute atomic E-state index is 11.2. The summed E-state index contributed by atoms with van der Waals surface area (Å²) in [5.41, 5.74) is 2.94. The van der Waals surface area contributed by atoms with Crippen LogP contribution in [-0.4, -0.2) is 18.0 Å². The highest BCUT2D eigenvalue weighted by molar-refractivity contribution is 8.13. The van der Waals surface area contributed by atoms with Crippen LogP contribution in [0.1, 0.15) is 0 Å². The molecular formula is C15H11ClN2O2S. The van der Waals surface area contributed by atoms with Crippen molar-refractivity contribution >= 4 is 19.7 Å². The van der Waals surface area contributed by atoms with Crippen LogP contribution in [0.3, 0.4) is 0 Å². The Kier molecular flexibility index (Phi) is 3.53. The highest BCUT2D eigenvalue weighted by atomic mass is 35.7. The molecule has 4 nitrogen and oxygen atoms in total. The van der Waals surface area contributed by atoms with Crippen LogP contribution in [0.25, 0.3) is 16.8 Å². The third kappa shape index (κ3) is 2.99. The number of nitrogens with zero attached hydrogens (tertiary/aromatic N) is 2. The van der Waals surface area contributed by atoms with Crippen LogP contribution < -0.4 is 0 Å². The molecule has 0 bridgehead atoms. The molecule has 0 aliphatic carbocycles. The summed E-state index contributed by atoms with van der Waals surface area (Å²) in [5.74, 6) is 0. The molecule has 0 atom stereocenters. The van der Waals surface area contributed by atoms with Crippen molar-refractivity contribution in [1.82, 2.24) is 9.55 Å². The van der Waals surface area contributed by atoms with Gasteiger partial charge >= 0.3 is 0 Å². The largest absolute Gasteiger partial charge is 0.306 e. The minimum absolute atomic E-state index is 0.1000. The van der Waals surface area contributed by atoms with E-state index in [-0.39, 0.29) is 4.90 Å². The van der Waals surface area contributed by atoms with Gasteiger partial charge in [-0.3, -0.25) is 0 Å². The number of hydrogen-bond acceptors (Lipinski definition) is 3. The summed E-state index contributed by atoms with van der Waals surface area (Å²) >= 11 is 0. The average Bonchev–Trinajstić information content (AvgIpc) is 3.01. The van der Waals surface area contributed by atoms with Gasteiger partial charge in [0.15, 0.2) is 0 Å². The van der Waals surface area contributed by atoms with E-state index in [2.05, 4.69) is 4.98 Å². The SMILES string of the molecule is O=S(=O)(Cl)c1ccc(-c2ccc(-n3ccnc3)cc2)cc1. The second-order valence-corrected chi connectivity index (χ2v) is 7.04. The third-order valence-corrected chi connectivity index (χ3v) is 4.51. The summed E-state index contributed by atoms with van der Waals surface area (Å²) in [6.07, 6.45) is 5.32. The summed E-state index contributed by atoms with van der Waals surface area (Å²) in [4.78, 5) is 4.11. The van der Waals surface area contributed by atoms with E-state index >= 15 is 0 Å². The van der Waals surface area contributed by atoms with Crippen molar-refractivity contribution in [2.45, 2.75) is 4.90 Å². The second kappa shape index (κ2) is 5.35. The third-order valence-electron chi connectivity index (χ3n) is 3.14. The Balaban J connectivity index is 1.91. The van der Waals surface area contributed by atoms with E-state index in [0.717, 1.165) is 16.8 Å². The van der Waals surface area contributed by atoms with Crippen LogP contribution in [0.2, 0.25) is 0 Å². The lowest BCUT2D eigenvalue weighted by Crippen LogP contribution is -1.91. The molecule has 2 aromatic carbocycles. The van der Waals surface area contributed by atoms with Gasteiger partial charge in [-0.1, -0.05) is 24.3 Å². The number of benzene rings is 2. The average molecular weight is 319 g/mol. The van der Waals surface area contributed by atoms with E-state index in [1.165, 1.54) is 12.1 Å². The Bertz CT molecular complexity index is 840. The number of hydrogen-bond donors (Lipinski definition) is 0. The van der Waals surface area contributed by atoms with Gasteiger partial charge in [-0.05, 0) is 35.4 Å². The Morgan fingerprint density at radius 3 is 1.95 bits per heavy atom. The zero-order valence-electron chi connectivity index (χ0n) is 10.8. The van der Waals surface area contributed by atoms with Crippen LogP contribution in [0.5, 0.6) is 0 Å². The highest BCUT2D eigenvalue weighted by Gasteiger charge is 2.09. The summed E-state index contributed by atoms with van der Waals surface area (Å²) in [7, 11) is 1.62. The zero-order valence-corrected chi connectivity index (χ0v) is 12.4. The molecule has 3 rings (SSSR count). The Hall–Kier alpha value is -2.11. The van der Waals surface area contributed by atoms with Crippen molar-refractivity contribution in [3.8, 4) is 16.8 Å². The lowest BCUT2D eigenvalue weighted by Gasteiger charge is -2.05. The first-order valence-corrected chi connectivity index (χ1v) is 8.48. The van der Waals surface area contributed by atoms with Gasteiger partial charge in [0.2, 0.25) is 0 Å². The quantitative estimate of drug-likeness (QED) is 0.695. The van der Waals surface area contributed by atoms with Gasteiger partial charge < -0.3 is 4.57 Å². The molecule has 3 aromatic rings. The molecular weight excluding hydrogens is 308 g/mol. The standard InChI is InChI=1S/C15H11ClN2O2S/c16-21(19,20)15-7-3-13(4-8-15)12-1-5-14(6-2-12)18-10-9-17-11-18/h1-11H. The highest BCUT2D eigenvalue weighted by Crippen LogP contribution is 2.23. The molecule has 1 heterocycles. The summed E-state index contributed by atoms with van der Waals surface area (Å²) in [6, 6.07) is 14.4. The number of rotatable bonds is 3. The zero-order chi connectivity index (χ0) is 14.9. The maximum Gasteiger partial charge on any atom is 0.261 e. The van der Waals surface area contributed by atoms with E-state index in [0.29, 0.717) is 0 Å². The van der Waals surface area contributed by atoms with E-state index in [9.17, 15) is 8.42 Å². The predicted octanol–water partition coefficient (Wildman–Crippen LogP) is 3.47. The Labute approximate surface area is 127 Å². The molecule has 0 saturated carbocycles. The van der Waals surface area contributed by atoms with Gasteiger partial charge in [0.1, 0.15) is 0 Å². The molecule has 0 aliphatic rings. The van der Waals surface area contributed by atoms with Gasteiger partial charge in [0, 0.05) is 28.8 Å². The summed E-state index contributed by atoms with van der Waals surface area (Å²) in [6.45, 7) is 0. The van der Waals surface area contributed by atoms with Crippen LogP contribution in [0.4, 0.5) is 0 Å². The first-order chi connectivity index (χ1) is 10.0. The first-order valence-electron chi connectivity index (χ1n) is 6.17. The van der Waals surface area contributed by atoms with E-state index in [1.807, 2.05) is 35.0 Å². The Morgan fingerprint density at radius 1 is 0.905 bits per heavy atom. The molecule has 21 heavy (non-hydrogen) atoms. The van der Waals surface area contributed by atoms with Gasteiger partial charge in [-0.25, -0.2) is 13.4 Å². The molecule has 0 spiro atoms. The van der Waals surface area contributed by atoms with Gasteiger partial charge in [-0.15, -0.1) is 0 Å². The molecule has 0 amide bonds. The van der Waals surface area contributed by atoms with Crippen LogP contribution in [0, 0.1) is 0 Å². The molecule has 0 aliphatic heterocycles. The molecule has 0 unspecified atom stereocenters. The Morgan fingerprint density at radius 2 is 1.48 bits per heavy atom. The fourth-order valence-corrected chi connectivity index (χ4v) is 2.82. The lowest BCUT2D eigenvalue weighted by atomic mass is 10.1. The maximum atomic E-state index is 11.2. The molecule has 0 radical (unpaired) electrons. The number of aromatic nitrogens is 2. The number of imidazole rings is 1. The van der Waals surface area contributed by atoms with Gasteiger partial charge in [-0.2, -0.15) is 0 Å². The fraction of sp³-hybridized carbons (Fsp3) is 0. The van der Waals surface area contributed by atoms with Gasteiger partial charge in [0.25, 0.3) is 9.05 Å². The van der Waals surface area contributed by atoms with Crippen molar-refractivity contribution in [1.29, 1.82) is 0 Å². The minimum atomic E-state index is -3.68. The molecule has 1 aromatic heterocycles. The van der Waals surface area contributed by atoms with Crippen molar-refractivity contribution in [2.75, 3.05) is 0 Å². The molecule has 0 fully saturated rings. The number of halogens is 1. The topological polar surface area (TPSA) is 52.0 Å². The van der Waals surface area contributed by atoms with Crippen molar-refractivity contribution in [3.05, 3.63) is 67.3 Å². The first kappa shape index (κ1) is 13.9. The molecule has 6 heteroatoms. The van der Waals surface area contributed by atoms with Crippen molar-refractivity contribution in [3.63, 3.8) is 0 Å². The normalized spacial score (nSPS) is 11.5. The minimum Gasteiger partial charge on any atom is -0.306 e. The van der Waals surface area contributed by atoms with E-state index < -0.39 is 9.05 Å². The van der Waals surface area contributed by atoms with E-state index in [4.69, 9.17) is 10.7 Å². The van der Waals surface area contributed by atoms with Crippen LogP contribution >= 0.6 is 10.7 Å². The van der Waals surface area contributed by atoms with Crippen molar-refractivity contribution < 1.29 is 8.42 Å². The molecule has 0 saturated heterocycles. The predicted molar refractivity (Wildman–Crippen MR) is 82.0 cm³/mol. The monoisotopic (exact) mass is 318 g/mol. The lowest BCUT2D eigenvalue weighted by molar-refractivity contribution is 0.609. The summed E-state index contributed by atoms with van der Waals surface area (Å²) in [5, 5.41) is 0. The smallest absolute Gasteiger partial charge is 0.261 e. The van der Waals surface area contributed by atoms with E-state index in [1.54, 1.807) is 24.7 Å². The second-order valence-electron chi connectivity index (χ2n) is 4.48. The van der Waals surface area contributed by atoms with Crippen LogP contribution in [0.15, 0.2) is 72.1 Å². The fourth-order valence-electron chi connectivity index (χ4n) is 2.05.